The summed E-state index contributed by atoms with van der Waals surface area (Å²) in [6.45, 7) is 11.9. The second-order valence-corrected chi connectivity index (χ2v) is 7.70. The van der Waals surface area contributed by atoms with Crippen molar-refractivity contribution >= 4 is 17.3 Å². The van der Waals surface area contributed by atoms with E-state index in [1.54, 1.807) is 11.3 Å². The third-order valence-electron chi connectivity index (χ3n) is 4.28. The molecule has 6 nitrogen and oxygen atoms in total. The highest BCUT2D eigenvalue weighted by atomic mass is 32.1. The van der Waals surface area contributed by atoms with Gasteiger partial charge in [0, 0.05) is 32.7 Å². The Labute approximate surface area is 155 Å². The molecule has 1 aromatic heterocycles. The van der Waals surface area contributed by atoms with E-state index in [4.69, 9.17) is 4.74 Å². The zero-order valence-electron chi connectivity index (χ0n) is 15.6. The van der Waals surface area contributed by atoms with Gasteiger partial charge >= 0.3 is 0 Å². The van der Waals surface area contributed by atoms with Crippen LogP contribution < -0.4 is 10.6 Å². The minimum Gasteiger partial charge on any atom is -0.387 e. The quantitative estimate of drug-likeness (QED) is 0.479. The van der Waals surface area contributed by atoms with Gasteiger partial charge < -0.3 is 20.5 Å². The number of nitrogens with zero attached hydrogens (tertiary/aromatic N) is 2. The number of β-amino-alcohol motifs (C(OH)–C–C–N with tert-alkyl or cyclic N) is 1. The van der Waals surface area contributed by atoms with Crippen molar-refractivity contribution in [3.05, 3.63) is 22.4 Å². The highest BCUT2D eigenvalue weighted by Gasteiger charge is 2.25. The largest absolute Gasteiger partial charge is 0.387 e. The second kappa shape index (κ2) is 10.1. The van der Waals surface area contributed by atoms with E-state index < -0.39 is 5.60 Å². The van der Waals surface area contributed by atoms with Crippen molar-refractivity contribution in [1.82, 2.24) is 15.5 Å². The Hall–Kier alpha value is -1.15. The van der Waals surface area contributed by atoms with Crippen molar-refractivity contribution in [2.75, 3.05) is 52.5 Å². The predicted molar refractivity (Wildman–Crippen MR) is 105 cm³/mol. The van der Waals surface area contributed by atoms with Crippen LogP contribution in [0.4, 0.5) is 0 Å². The highest BCUT2D eigenvalue weighted by Crippen LogP contribution is 2.17. The molecular weight excluding hydrogens is 336 g/mol. The molecule has 0 bridgehead atoms. The first kappa shape index (κ1) is 20.2. The average molecular weight is 369 g/mol. The summed E-state index contributed by atoms with van der Waals surface area (Å²) in [5, 5.41) is 21.6. The van der Waals surface area contributed by atoms with Gasteiger partial charge in [0.1, 0.15) is 0 Å². The molecule has 1 saturated heterocycles. The van der Waals surface area contributed by atoms with Crippen LogP contribution in [0, 0.1) is 0 Å². The first-order valence-corrected chi connectivity index (χ1v) is 10.0. The molecule has 0 amide bonds. The summed E-state index contributed by atoms with van der Waals surface area (Å²) in [4.78, 5) is 6.83. The van der Waals surface area contributed by atoms with Crippen LogP contribution in [-0.4, -0.2) is 74.0 Å². The van der Waals surface area contributed by atoms with Crippen LogP contribution in [-0.2, 0) is 4.74 Å². The highest BCUT2D eigenvalue weighted by molar-refractivity contribution is 7.07. The van der Waals surface area contributed by atoms with Crippen LogP contribution in [0.15, 0.2) is 21.8 Å². The van der Waals surface area contributed by atoms with E-state index in [-0.39, 0.29) is 0 Å². The lowest BCUT2D eigenvalue weighted by Crippen LogP contribution is -2.48. The molecule has 0 saturated carbocycles. The van der Waals surface area contributed by atoms with E-state index in [2.05, 4.69) is 44.3 Å². The number of aliphatic hydroxyl groups is 1. The fourth-order valence-corrected chi connectivity index (χ4v) is 3.59. The molecule has 3 N–H and O–H groups in total. The second-order valence-electron chi connectivity index (χ2n) is 6.92. The molecular formula is C18H32N4O2S. The smallest absolute Gasteiger partial charge is 0.191 e. The molecule has 0 aromatic carbocycles. The van der Waals surface area contributed by atoms with Crippen molar-refractivity contribution in [2.45, 2.75) is 32.3 Å². The first-order valence-electron chi connectivity index (χ1n) is 9.07. The maximum absolute atomic E-state index is 10.7. The fourth-order valence-electron chi connectivity index (χ4n) is 2.81. The van der Waals surface area contributed by atoms with Crippen molar-refractivity contribution in [3.8, 4) is 0 Å². The lowest BCUT2D eigenvalue weighted by molar-refractivity contribution is -0.0179. The average Bonchev–Trinajstić information content (AvgIpc) is 3.12. The monoisotopic (exact) mass is 368 g/mol. The van der Waals surface area contributed by atoms with Gasteiger partial charge in [0.25, 0.3) is 0 Å². The molecule has 2 heterocycles. The molecule has 1 aliphatic rings. The standard InChI is InChI=1S/C18H32N4O2S/c1-4-19-17(20-11-15(2)16-5-10-25-12-16)21-13-18(3,23)14-22-6-8-24-9-7-22/h5,10,12,15,23H,4,6-9,11,13-14H2,1-3H3,(H2,19,20,21). The number of guanidine groups is 1. The molecule has 1 aromatic rings. The van der Waals surface area contributed by atoms with Gasteiger partial charge in [-0.25, -0.2) is 0 Å². The third kappa shape index (κ3) is 7.32. The number of rotatable bonds is 8. The van der Waals surface area contributed by atoms with Gasteiger partial charge in [-0.15, -0.1) is 0 Å². The molecule has 1 aliphatic heterocycles. The summed E-state index contributed by atoms with van der Waals surface area (Å²) in [5.74, 6) is 1.18. The molecule has 1 fully saturated rings. The topological polar surface area (TPSA) is 69.1 Å². The SMILES string of the molecule is CCNC(=NCC(C)(O)CN1CCOCC1)NCC(C)c1ccsc1. The molecule has 2 atom stereocenters. The number of ether oxygens (including phenoxy) is 1. The van der Waals surface area contributed by atoms with E-state index in [1.165, 1.54) is 5.56 Å². The normalized spacial score (nSPS) is 20.1. The minimum absolute atomic E-state index is 0.368. The number of thiophene rings is 1. The molecule has 0 radical (unpaired) electrons. The molecule has 25 heavy (non-hydrogen) atoms. The van der Waals surface area contributed by atoms with Crippen LogP contribution in [0.25, 0.3) is 0 Å². The maximum Gasteiger partial charge on any atom is 0.191 e. The maximum atomic E-state index is 10.7. The Morgan fingerprint density at radius 2 is 2.20 bits per heavy atom. The summed E-state index contributed by atoms with van der Waals surface area (Å²) in [5.41, 5.74) is 0.492. The summed E-state index contributed by atoms with van der Waals surface area (Å²) in [7, 11) is 0. The van der Waals surface area contributed by atoms with Gasteiger partial charge in [0.15, 0.2) is 5.96 Å². The van der Waals surface area contributed by atoms with Gasteiger partial charge in [-0.2, -0.15) is 11.3 Å². The lowest BCUT2D eigenvalue weighted by Gasteiger charge is -2.33. The molecule has 0 spiro atoms. The molecule has 142 valence electrons. The number of morpholine rings is 1. The van der Waals surface area contributed by atoms with Crippen molar-refractivity contribution in [2.24, 2.45) is 4.99 Å². The Morgan fingerprint density at radius 1 is 1.44 bits per heavy atom. The Kier molecular flexibility index (Phi) is 8.15. The lowest BCUT2D eigenvalue weighted by atomic mass is 10.1. The van der Waals surface area contributed by atoms with Gasteiger partial charge in [0.2, 0.25) is 0 Å². The first-order chi connectivity index (χ1) is 12.0. The van der Waals surface area contributed by atoms with E-state index >= 15 is 0 Å². The Balaban J connectivity index is 1.84. The van der Waals surface area contributed by atoms with Crippen LogP contribution >= 0.6 is 11.3 Å². The van der Waals surface area contributed by atoms with Gasteiger partial charge in [-0.1, -0.05) is 6.92 Å². The molecule has 7 heteroatoms. The number of hydrogen-bond acceptors (Lipinski definition) is 5. The third-order valence-corrected chi connectivity index (χ3v) is 4.98. The summed E-state index contributed by atoms with van der Waals surface area (Å²) >= 11 is 1.72. The van der Waals surface area contributed by atoms with Gasteiger partial charge in [-0.3, -0.25) is 9.89 Å². The molecule has 0 aliphatic carbocycles. The molecule has 2 rings (SSSR count). The molecule has 2 unspecified atom stereocenters. The fraction of sp³-hybridized carbons (Fsp3) is 0.722. The van der Waals surface area contributed by atoms with Crippen LogP contribution in [0.2, 0.25) is 0 Å². The van der Waals surface area contributed by atoms with E-state index in [0.717, 1.165) is 45.4 Å². The zero-order valence-corrected chi connectivity index (χ0v) is 16.4. The summed E-state index contributed by atoms with van der Waals surface area (Å²) in [6, 6.07) is 2.16. The number of nitrogens with one attached hydrogen (secondary N) is 2. The van der Waals surface area contributed by atoms with Crippen LogP contribution in [0.3, 0.4) is 0 Å². The van der Waals surface area contributed by atoms with Gasteiger partial charge in [0.05, 0.1) is 25.4 Å². The minimum atomic E-state index is -0.849. The van der Waals surface area contributed by atoms with E-state index in [0.29, 0.717) is 19.0 Å². The van der Waals surface area contributed by atoms with E-state index in [9.17, 15) is 5.11 Å². The van der Waals surface area contributed by atoms with Gasteiger partial charge in [-0.05, 0) is 42.2 Å². The Bertz CT molecular complexity index is 513. The van der Waals surface area contributed by atoms with Crippen molar-refractivity contribution in [1.29, 1.82) is 0 Å². The van der Waals surface area contributed by atoms with Crippen LogP contribution in [0.1, 0.15) is 32.3 Å². The summed E-state index contributed by atoms with van der Waals surface area (Å²) in [6.07, 6.45) is 0. The van der Waals surface area contributed by atoms with Crippen LogP contribution in [0.5, 0.6) is 0 Å². The van der Waals surface area contributed by atoms with Crippen molar-refractivity contribution in [3.63, 3.8) is 0 Å². The van der Waals surface area contributed by atoms with E-state index in [1.807, 2.05) is 13.8 Å². The Morgan fingerprint density at radius 3 is 2.84 bits per heavy atom. The predicted octanol–water partition coefficient (Wildman–Crippen LogP) is 1.49. The number of aliphatic imine (C=N–C) groups is 1. The number of hydrogen-bond donors (Lipinski definition) is 3. The van der Waals surface area contributed by atoms with Crippen molar-refractivity contribution < 1.29 is 9.84 Å². The zero-order chi connectivity index (χ0) is 18.1. The summed E-state index contributed by atoms with van der Waals surface area (Å²) < 4.78 is 5.36.